The van der Waals surface area contributed by atoms with Gasteiger partial charge in [-0.05, 0) is 6.92 Å². The zero-order valence-electron chi connectivity index (χ0n) is 6.55. The Morgan fingerprint density at radius 3 is 2.73 bits per heavy atom. The molecule has 0 saturated heterocycles. The topological polar surface area (TPSA) is 61.7 Å². The van der Waals surface area contributed by atoms with Crippen molar-refractivity contribution < 1.29 is 0 Å². The third-order valence-corrected chi connectivity index (χ3v) is 1.46. The van der Waals surface area contributed by atoms with E-state index in [4.69, 9.17) is 5.41 Å². The highest BCUT2D eigenvalue weighted by Gasteiger charge is 2.01. The van der Waals surface area contributed by atoms with Crippen LogP contribution in [0.15, 0.2) is 6.33 Å². The lowest BCUT2D eigenvalue weighted by Gasteiger charge is -2.03. The molecule has 1 aromatic rings. The molecule has 0 aliphatic heterocycles. The first-order valence-electron chi connectivity index (χ1n) is 3.29. The molecule has 0 fully saturated rings. The molecule has 11 heavy (non-hydrogen) atoms. The predicted molar refractivity (Wildman–Crippen MR) is 44.2 cm³/mol. The van der Waals surface area contributed by atoms with Gasteiger partial charge in [-0.1, -0.05) is 0 Å². The van der Waals surface area contributed by atoms with Crippen molar-refractivity contribution in [3.63, 3.8) is 0 Å². The summed E-state index contributed by atoms with van der Waals surface area (Å²) in [5, 5.41) is 9.97. The molecule has 0 bridgehead atoms. The minimum absolute atomic E-state index is 0.701. The van der Waals surface area contributed by atoms with Gasteiger partial charge in [0.15, 0.2) is 0 Å². The largest absolute Gasteiger partial charge is 0.372 e. The molecule has 2 N–H and O–H groups in total. The van der Waals surface area contributed by atoms with Crippen molar-refractivity contribution in [1.29, 1.82) is 5.41 Å². The fourth-order valence-electron chi connectivity index (χ4n) is 0.856. The molecule has 0 saturated carbocycles. The Morgan fingerprint density at radius 2 is 2.27 bits per heavy atom. The van der Waals surface area contributed by atoms with Crippen molar-refractivity contribution in [1.82, 2.24) is 9.97 Å². The molecule has 4 nitrogen and oxygen atoms in total. The van der Waals surface area contributed by atoms with Crippen molar-refractivity contribution in [3.8, 4) is 0 Å². The first-order chi connectivity index (χ1) is 5.29. The van der Waals surface area contributed by atoms with Crippen molar-refractivity contribution >= 4 is 12.0 Å². The van der Waals surface area contributed by atoms with Gasteiger partial charge in [-0.15, -0.1) is 0 Å². The number of hydrogen-bond acceptors (Lipinski definition) is 4. The Kier molecular flexibility index (Phi) is 2.15. The molecule has 1 rings (SSSR count). The fraction of sp³-hybridized carbons (Fsp3) is 0.286. The van der Waals surface area contributed by atoms with Crippen LogP contribution in [0.5, 0.6) is 0 Å². The number of aryl methyl sites for hydroxylation is 1. The SMILES string of the molecule is CNc1ncnc(C)c1C=N. The number of hydrogen-bond donors (Lipinski definition) is 2. The summed E-state index contributed by atoms with van der Waals surface area (Å²) < 4.78 is 0. The molecular weight excluding hydrogens is 140 g/mol. The Labute approximate surface area is 65.2 Å². The van der Waals surface area contributed by atoms with Gasteiger partial charge in [0, 0.05) is 13.3 Å². The Bertz CT molecular complexity index is 269. The standard InChI is InChI=1S/C7H10N4/c1-5-6(3-8)7(9-2)11-4-10-5/h3-4,8H,1-2H3,(H,9,10,11). The van der Waals surface area contributed by atoms with Gasteiger partial charge in [0.1, 0.15) is 12.1 Å². The first kappa shape index (κ1) is 7.65. The summed E-state index contributed by atoms with van der Waals surface area (Å²) in [6.45, 7) is 1.85. The van der Waals surface area contributed by atoms with Crippen LogP contribution in [0, 0.1) is 12.3 Å². The van der Waals surface area contributed by atoms with E-state index in [1.165, 1.54) is 12.5 Å². The van der Waals surface area contributed by atoms with Crippen LogP contribution in [0.4, 0.5) is 5.82 Å². The van der Waals surface area contributed by atoms with E-state index in [0.29, 0.717) is 5.82 Å². The van der Waals surface area contributed by atoms with E-state index in [9.17, 15) is 0 Å². The average molecular weight is 150 g/mol. The molecule has 0 aliphatic carbocycles. The molecule has 0 atom stereocenters. The number of nitrogens with zero attached hydrogens (tertiary/aromatic N) is 2. The van der Waals surface area contributed by atoms with Crippen LogP contribution >= 0.6 is 0 Å². The molecule has 0 spiro atoms. The maximum atomic E-state index is 7.08. The summed E-state index contributed by atoms with van der Waals surface area (Å²) >= 11 is 0. The number of rotatable bonds is 2. The van der Waals surface area contributed by atoms with E-state index in [1.807, 2.05) is 6.92 Å². The highest BCUT2D eigenvalue weighted by atomic mass is 15.0. The summed E-state index contributed by atoms with van der Waals surface area (Å²) in [4.78, 5) is 7.91. The van der Waals surface area contributed by atoms with Crippen LogP contribution in [-0.4, -0.2) is 23.2 Å². The second kappa shape index (κ2) is 3.09. The second-order valence-corrected chi connectivity index (χ2v) is 2.12. The van der Waals surface area contributed by atoms with Crippen molar-refractivity contribution in [2.75, 3.05) is 12.4 Å². The molecular formula is C7H10N4. The van der Waals surface area contributed by atoms with Crippen LogP contribution in [0.3, 0.4) is 0 Å². The molecule has 0 aliphatic rings. The minimum Gasteiger partial charge on any atom is -0.372 e. The van der Waals surface area contributed by atoms with Crippen molar-refractivity contribution in [2.24, 2.45) is 0 Å². The Balaban J connectivity index is 3.24. The highest BCUT2D eigenvalue weighted by molar-refractivity contribution is 5.85. The molecule has 0 amide bonds. The Hall–Kier alpha value is -1.45. The molecule has 0 aromatic carbocycles. The summed E-state index contributed by atoms with van der Waals surface area (Å²) in [6, 6.07) is 0. The van der Waals surface area contributed by atoms with Crippen molar-refractivity contribution in [2.45, 2.75) is 6.92 Å². The number of anilines is 1. The Morgan fingerprint density at radius 1 is 1.55 bits per heavy atom. The number of nitrogens with one attached hydrogen (secondary N) is 2. The normalized spacial score (nSPS) is 9.27. The monoisotopic (exact) mass is 150 g/mol. The van der Waals surface area contributed by atoms with Gasteiger partial charge in [-0.3, -0.25) is 0 Å². The van der Waals surface area contributed by atoms with Crippen LogP contribution in [-0.2, 0) is 0 Å². The van der Waals surface area contributed by atoms with Crippen LogP contribution in [0.1, 0.15) is 11.3 Å². The molecule has 0 unspecified atom stereocenters. The van der Waals surface area contributed by atoms with Crippen LogP contribution < -0.4 is 5.32 Å². The molecule has 58 valence electrons. The van der Waals surface area contributed by atoms with E-state index >= 15 is 0 Å². The van der Waals surface area contributed by atoms with Gasteiger partial charge in [0.25, 0.3) is 0 Å². The molecule has 0 radical (unpaired) electrons. The van der Waals surface area contributed by atoms with Gasteiger partial charge in [0.05, 0.1) is 11.3 Å². The average Bonchev–Trinajstić information content (AvgIpc) is 2.04. The lowest BCUT2D eigenvalue weighted by Crippen LogP contribution is -2.01. The van der Waals surface area contributed by atoms with Gasteiger partial charge < -0.3 is 10.7 Å². The van der Waals surface area contributed by atoms with Crippen LogP contribution in [0.2, 0.25) is 0 Å². The fourth-order valence-corrected chi connectivity index (χ4v) is 0.856. The van der Waals surface area contributed by atoms with E-state index < -0.39 is 0 Å². The van der Waals surface area contributed by atoms with E-state index in [2.05, 4.69) is 15.3 Å². The maximum Gasteiger partial charge on any atom is 0.138 e. The lowest BCUT2D eigenvalue weighted by atomic mass is 10.2. The van der Waals surface area contributed by atoms with Crippen LogP contribution in [0.25, 0.3) is 0 Å². The zero-order valence-corrected chi connectivity index (χ0v) is 6.55. The van der Waals surface area contributed by atoms with Gasteiger partial charge >= 0.3 is 0 Å². The second-order valence-electron chi connectivity index (χ2n) is 2.12. The highest BCUT2D eigenvalue weighted by Crippen LogP contribution is 2.09. The summed E-state index contributed by atoms with van der Waals surface area (Å²) in [6.07, 6.45) is 2.73. The van der Waals surface area contributed by atoms with Gasteiger partial charge in [-0.25, -0.2) is 9.97 Å². The number of aromatic nitrogens is 2. The molecule has 1 heterocycles. The molecule has 4 heteroatoms. The van der Waals surface area contributed by atoms with Gasteiger partial charge in [0.2, 0.25) is 0 Å². The van der Waals surface area contributed by atoms with E-state index in [1.54, 1.807) is 7.05 Å². The summed E-state index contributed by atoms with van der Waals surface area (Å²) in [5.41, 5.74) is 1.56. The third-order valence-electron chi connectivity index (χ3n) is 1.46. The van der Waals surface area contributed by atoms with E-state index in [0.717, 1.165) is 11.3 Å². The quantitative estimate of drug-likeness (QED) is 0.613. The molecule has 1 aromatic heterocycles. The first-order valence-corrected chi connectivity index (χ1v) is 3.29. The maximum absolute atomic E-state index is 7.08. The summed E-state index contributed by atoms with van der Waals surface area (Å²) in [7, 11) is 1.77. The predicted octanol–water partition coefficient (Wildman–Crippen LogP) is 0.824. The van der Waals surface area contributed by atoms with Crippen molar-refractivity contribution in [3.05, 3.63) is 17.6 Å². The lowest BCUT2D eigenvalue weighted by molar-refractivity contribution is 1.09. The van der Waals surface area contributed by atoms with Gasteiger partial charge in [-0.2, -0.15) is 0 Å². The minimum atomic E-state index is 0.701. The smallest absolute Gasteiger partial charge is 0.138 e. The summed E-state index contributed by atoms with van der Waals surface area (Å²) in [5.74, 6) is 0.701. The zero-order chi connectivity index (χ0) is 8.27. The third kappa shape index (κ3) is 1.34. The van der Waals surface area contributed by atoms with E-state index in [-0.39, 0.29) is 0 Å².